The number of nitrogens with zero attached hydrogens (tertiary/aromatic N) is 8. The maximum Gasteiger partial charge on any atom is 0.410 e. The molecule has 2 aromatic heterocycles. The van der Waals surface area contributed by atoms with Crippen LogP contribution in [0.5, 0.6) is 0 Å². The van der Waals surface area contributed by atoms with E-state index < -0.39 is 35.3 Å². The summed E-state index contributed by atoms with van der Waals surface area (Å²) < 4.78 is 31.5. The number of ether oxygens (including phenoxy) is 5. The molecule has 0 aliphatic carbocycles. The molecule has 20 heteroatoms. The minimum absolute atomic E-state index is 0.00808. The van der Waals surface area contributed by atoms with E-state index in [1.54, 1.807) is 99.5 Å². The van der Waals surface area contributed by atoms with Gasteiger partial charge >= 0.3 is 6.09 Å². The molecular formula is C53H61N9O11. The van der Waals surface area contributed by atoms with Crippen LogP contribution in [0.4, 0.5) is 4.79 Å². The van der Waals surface area contributed by atoms with E-state index in [2.05, 4.69) is 9.97 Å². The first-order chi connectivity index (χ1) is 35.4. The number of rotatable bonds is 26. The molecule has 0 saturated heterocycles. The zero-order chi connectivity index (χ0) is 51.5. The van der Waals surface area contributed by atoms with Gasteiger partial charge in [0.2, 0.25) is 5.91 Å². The zero-order valence-electron chi connectivity index (χ0n) is 41.4. The van der Waals surface area contributed by atoms with Crippen molar-refractivity contribution >= 4 is 57.2 Å². The number of nitrogens with two attached hydrogens (primary N) is 1. The lowest BCUT2D eigenvalue weighted by molar-refractivity contribution is -0.132. The molecule has 4 heterocycles. The topological polar surface area (TPSA) is 223 Å². The van der Waals surface area contributed by atoms with E-state index in [1.165, 1.54) is 4.90 Å². The molecule has 4 aromatic carbocycles. The molecule has 6 aromatic rings. The first kappa shape index (κ1) is 52.0. The predicted molar refractivity (Wildman–Crippen MR) is 269 cm³/mol. The molecule has 20 nitrogen and oxygen atoms in total. The van der Waals surface area contributed by atoms with Gasteiger partial charge in [-0.25, -0.2) is 14.8 Å². The summed E-state index contributed by atoms with van der Waals surface area (Å²) in [4.78, 5) is 97.9. The molecule has 0 spiro atoms. The molecule has 384 valence electrons. The number of carbonyl (C=O) groups excluding carboxylic acids is 6. The normalized spacial score (nSPS) is 13.4. The van der Waals surface area contributed by atoms with Crippen LogP contribution in [0.2, 0.25) is 0 Å². The SMILES string of the molecule is CC(C)(C)OC(=O)N(CCCN(CCN1C(=O)c2cccc3c(-n4ccnc4)ccc(c23)C1=O)C(=O)CCOCCOCCOCCOCCN)CCN1C(=O)c2cccc3c(-n4ccnc4)ccc(c23)C1=O. The van der Waals surface area contributed by atoms with Crippen molar-refractivity contribution in [2.24, 2.45) is 5.73 Å². The van der Waals surface area contributed by atoms with Crippen molar-refractivity contribution in [3.63, 3.8) is 0 Å². The molecule has 0 unspecified atom stereocenters. The lowest BCUT2D eigenvalue weighted by Gasteiger charge is -2.32. The highest BCUT2D eigenvalue weighted by Gasteiger charge is 2.36. The van der Waals surface area contributed by atoms with E-state index in [9.17, 15) is 28.8 Å². The molecule has 2 aliphatic rings. The van der Waals surface area contributed by atoms with Gasteiger partial charge in [-0.15, -0.1) is 0 Å². The average molecular weight is 1000 g/mol. The first-order valence-corrected chi connectivity index (χ1v) is 24.4. The van der Waals surface area contributed by atoms with Gasteiger partial charge < -0.3 is 48.4 Å². The number of amides is 6. The summed E-state index contributed by atoms with van der Waals surface area (Å²) in [5.74, 6) is -2.25. The second kappa shape index (κ2) is 23.9. The third-order valence-electron chi connectivity index (χ3n) is 12.4. The van der Waals surface area contributed by atoms with E-state index in [1.807, 2.05) is 33.4 Å². The fourth-order valence-electron chi connectivity index (χ4n) is 8.96. The molecule has 6 amide bonds. The molecule has 0 atom stereocenters. The smallest absolute Gasteiger partial charge is 0.410 e. The monoisotopic (exact) mass is 999 g/mol. The van der Waals surface area contributed by atoms with Crippen LogP contribution in [-0.2, 0) is 28.5 Å². The Hall–Kier alpha value is -7.36. The van der Waals surface area contributed by atoms with Crippen molar-refractivity contribution in [3.8, 4) is 11.4 Å². The Morgan fingerprint density at radius 2 is 1.00 bits per heavy atom. The van der Waals surface area contributed by atoms with Gasteiger partial charge in [0.25, 0.3) is 23.6 Å². The molecule has 0 bridgehead atoms. The van der Waals surface area contributed by atoms with Crippen molar-refractivity contribution in [2.75, 3.05) is 98.7 Å². The number of hydrogen-bond donors (Lipinski definition) is 1. The highest BCUT2D eigenvalue weighted by atomic mass is 16.6. The first-order valence-electron chi connectivity index (χ1n) is 24.4. The summed E-state index contributed by atoms with van der Waals surface area (Å²) in [5.41, 5.74) is 7.54. The number of hydrogen-bond acceptors (Lipinski definition) is 14. The minimum Gasteiger partial charge on any atom is -0.444 e. The molecular weight excluding hydrogens is 939 g/mol. The number of aromatic nitrogens is 4. The van der Waals surface area contributed by atoms with Crippen molar-refractivity contribution < 1.29 is 52.5 Å². The van der Waals surface area contributed by atoms with Crippen LogP contribution in [0.15, 0.2) is 98.1 Å². The highest BCUT2D eigenvalue weighted by Crippen LogP contribution is 2.35. The van der Waals surface area contributed by atoms with Crippen molar-refractivity contribution in [2.45, 2.75) is 39.2 Å². The Morgan fingerprint density at radius 1 is 0.562 bits per heavy atom. The van der Waals surface area contributed by atoms with Gasteiger partial charge in [0.05, 0.1) is 83.3 Å². The van der Waals surface area contributed by atoms with Gasteiger partial charge in [0.15, 0.2) is 0 Å². The predicted octanol–water partition coefficient (Wildman–Crippen LogP) is 5.13. The lowest BCUT2D eigenvalue weighted by atomic mass is 9.93. The summed E-state index contributed by atoms with van der Waals surface area (Å²) in [7, 11) is 0. The number of benzene rings is 4. The van der Waals surface area contributed by atoms with Gasteiger partial charge in [0, 0.05) is 114 Å². The van der Waals surface area contributed by atoms with Crippen molar-refractivity contribution in [1.29, 1.82) is 0 Å². The lowest BCUT2D eigenvalue weighted by Crippen LogP contribution is -2.48. The van der Waals surface area contributed by atoms with Crippen LogP contribution in [-0.4, -0.2) is 179 Å². The molecule has 2 aliphatic heterocycles. The standard InChI is InChI=1S/C53H61N9O11/c1-53(2,3)73-52(68)58(24-26-62-49(65)40-10-5-8-38-44(60-22-18-56-36-60)14-12-42(47(38)40)51(62)67)20-6-19-57(45(63)15-27-69-29-31-71-33-34-72-32-30-70-28-16-54)23-25-61-48(64)39-9-4-7-37-43(59-21-17-55-35-59)13-11-41(46(37)39)50(61)66/h4-5,7-14,17-18,21-22,35-36H,6,15-16,19-20,23-34,54H2,1-3H3. The molecule has 0 radical (unpaired) electrons. The number of carbonyl (C=O) groups is 6. The Labute approximate surface area is 422 Å². The quantitative estimate of drug-likeness (QED) is 0.0550. The van der Waals surface area contributed by atoms with Crippen LogP contribution in [0, 0.1) is 0 Å². The largest absolute Gasteiger partial charge is 0.444 e. The van der Waals surface area contributed by atoms with Crippen molar-refractivity contribution in [1.82, 2.24) is 38.7 Å². The molecule has 2 N–H and O–H groups in total. The van der Waals surface area contributed by atoms with Gasteiger partial charge in [-0.1, -0.05) is 24.3 Å². The summed E-state index contributed by atoms with van der Waals surface area (Å²) in [5, 5.41) is 2.54. The Kier molecular flexibility index (Phi) is 17.0. The molecule has 73 heavy (non-hydrogen) atoms. The maximum absolute atomic E-state index is 14.1. The summed E-state index contributed by atoms with van der Waals surface area (Å²) in [6, 6.07) is 17.7. The van der Waals surface area contributed by atoms with E-state index >= 15 is 0 Å². The highest BCUT2D eigenvalue weighted by molar-refractivity contribution is 6.27. The van der Waals surface area contributed by atoms with E-state index in [-0.39, 0.29) is 77.8 Å². The Morgan fingerprint density at radius 3 is 1.45 bits per heavy atom. The molecule has 8 rings (SSSR count). The summed E-state index contributed by atoms with van der Waals surface area (Å²) >= 11 is 0. The number of imidazole rings is 2. The molecule has 0 saturated carbocycles. The van der Waals surface area contributed by atoms with Gasteiger partial charge in [-0.3, -0.25) is 33.8 Å². The second-order valence-corrected chi connectivity index (χ2v) is 18.4. The van der Waals surface area contributed by atoms with Crippen LogP contribution >= 0.6 is 0 Å². The number of imide groups is 2. The Balaban J connectivity index is 0.934. The third kappa shape index (κ3) is 12.1. The van der Waals surface area contributed by atoms with Crippen molar-refractivity contribution in [3.05, 3.63) is 120 Å². The fourth-order valence-corrected chi connectivity index (χ4v) is 8.96. The second-order valence-electron chi connectivity index (χ2n) is 18.4. The van der Waals surface area contributed by atoms with Crippen LogP contribution in [0.25, 0.3) is 32.9 Å². The summed E-state index contributed by atoms with van der Waals surface area (Å²) in [6.45, 7) is 8.23. The van der Waals surface area contributed by atoms with Crippen LogP contribution in [0.3, 0.4) is 0 Å². The van der Waals surface area contributed by atoms with E-state index in [4.69, 9.17) is 29.4 Å². The van der Waals surface area contributed by atoms with Gasteiger partial charge in [0.1, 0.15) is 5.60 Å². The zero-order valence-corrected chi connectivity index (χ0v) is 41.4. The van der Waals surface area contributed by atoms with E-state index in [0.717, 1.165) is 31.9 Å². The fraction of sp³-hybridized carbons (Fsp3) is 0.396. The van der Waals surface area contributed by atoms with E-state index in [0.29, 0.717) is 72.6 Å². The molecule has 0 fully saturated rings. The average Bonchev–Trinajstić information content (AvgIpc) is 4.13. The Bertz CT molecular complexity index is 2890. The summed E-state index contributed by atoms with van der Waals surface area (Å²) in [6.07, 6.45) is 9.73. The maximum atomic E-state index is 14.1. The van der Waals surface area contributed by atoms with Gasteiger partial charge in [-0.2, -0.15) is 0 Å². The van der Waals surface area contributed by atoms with Crippen LogP contribution < -0.4 is 5.73 Å². The third-order valence-corrected chi connectivity index (χ3v) is 12.4. The minimum atomic E-state index is -0.869. The van der Waals surface area contributed by atoms with Gasteiger partial charge in [-0.05, 0) is 63.6 Å². The van der Waals surface area contributed by atoms with Crippen LogP contribution in [0.1, 0.15) is 75.0 Å².